The molecule has 1 saturated carbocycles. The van der Waals surface area contributed by atoms with E-state index in [1.807, 2.05) is 7.11 Å². The van der Waals surface area contributed by atoms with Crippen molar-refractivity contribution in [2.24, 2.45) is 17.8 Å². The first kappa shape index (κ1) is 25.6. The number of carboxylic acid groups (broad SMARTS) is 1. The molecule has 1 aliphatic carbocycles. The van der Waals surface area contributed by atoms with Crippen LogP contribution in [0, 0.1) is 17.8 Å². The van der Waals surface area contributed by atoms with Crippen molar-refractivity contribution >= 4 is 6.09 Å². The summed E-state index contributed by atoms with van der Waals surface area (Å²) in [6, 6.07) is 0. The number of hydrogen-bond donors (Lipinski definition) is 1. The zero-order chi connectivity index (χ0) is 23.5. The molecule has 0 spiro atoms. The van der Waals surface area contributed by atoms with Crippen molar-refractivity contribution in [1.29, 1.82) is 0 Å². The van der Waals surface area contributed by atoms with Crippen molar-refractivity contribution in [2.45, 2.75) is 89.4 Å². The van der Waals surface area contributed by atoms with Gasteiger partial charge in [-0.25, -0.2) is 13.6 Å². The van der Waals surface area contributed by atoms with E-state index in [0.29, 0.717) is 43.7 Å². The van der Waals surface area contributed by atoms with Gasteiger partial charge < -0.3 is 19.5 Å². The van der Waals surface area contributed by atoms with Crippen LogP contribution in [0.1, 0.15) is 65.7 Å². The average Bonchev–Trinajstić information content (AvgIpc) is 3.35. The zero-order valence-corrected chi connectivity index (χ0v) is 20.2. The number of likely N-dealkylation sites (tertiary alicyclic amines) is 2. The first-order chi connectivity index (χ1) is 15.0. The van der Waals surface area contributed by atoms with Gasteiger partial charge in [-0.15, -0.1) is 0 Å². The highest BCUT2D eigenvalue weighted by molar-refractivity contribution is 5.65. The smallest absolute Gasteiger partial charge is 0.407 e. The molecule has 0 bridgehead atoms. The lowest BCUT2D eigenvalue weighted by Gasteiger charge is -2.42. The number of epoxide rings is 1. The Morgan fingerprint density at radius 2 is 1.84 bits per heavy atom. The first-order valence-corrected chi connectivity index (χ1v) is 12.3. The van der Waals surface area contributed by atoms with Gasteiger partial charge in [-0.3, -0.25) is 4.90 Å². The average molecular weight is 461 g/mol. The molecule has 32 heavy (non-hydrogen) atoms. The second-order valence-electron chi connectivity index (χ2n) is 10.8. The largest absolute Gasteiger partial charge is 0.465 e. The quantitative estimate of drug-likeness (QED) is 0.531. The maximum absolute atomic E-state index is 12.4. The number of methoxy groups -OCH3 is 1. The van der Waals surface area contributed by atoms with Crippen molar-refractivity contribution in [1.82, 2.24) is 9.80 Å². The number of amides is 1. The van der Waals surface area contributed by atoms with E-state index >= 15 is 0 Å². The Balaban J connectivity index is 0.000000182. The third-order valence-corrected chi connectivity index (χ3v) is 7.72. The molecule has 3 heterocycles. The van der Waals surface area contributed by atoms with Crippen LogP contribution >= 0.6 is 0 Å². The number of halogens is 2. The Labute approximate surface area is 191 Å². The molecular weight excluding hydrogens is 418 g/mol. The minimum absolute atomic E-state index is 0.121. The number of hydrogen-bond acceptors (Lipinski definition) is 4. The highest BCUT2D eigenvalue weighted by Gasteiger charge is 2.59. The van der Waals surface area contributed by atoms with Crippen molar-refractivity contribution in [3.63, 3.8) is 0 Å². The maximum atomic E-state index is 12.4. The van der Waals surface area contributed by atoms with Crippen LogP contribution in [-0.4, -0.2) is 84.6 Å². The molecular formula is C24H42F2N2O4. The Morgan fingerprint density at radius 1 is 1.19 bits per heavy atom. The van der Waals surface area contributed by atoms with Crippen molar-refractivity contribution in [3.05, 3.63) is 0 Å². The first-order valence-electron chi connectivity index (χ1n) is 12.3. The number of rotatable bonds is 8. The van der Waals surface area contributed by atoms with Gasteiger partial charge in [-0.1, -0.05) is 26.7 Å². The topological polar surface area (TPSA) is 65.5 Å². The van der Waals surface area contributed by atoms with Crippen molar-refractivity contribution in [2.75, 3.05) is 39.8 Å². The molecule has 6 nitrogen and oxygen atoms in total. The minimum atomic E-state index is -2.49. The predicted octanol–water partition coefficient (Wildman–Crippen LogP) is 4.72. The van der Waals surface area contributed by atoms with Gasteiger partial charge in [0.1, 0.15) is 0 Å². The molecule has 4 aliphatic rings. The van der Waals surface area contributed by atoms with E-state index in [-0.39, 0.29) is 18.7 Å². The number of ether oxygens (including phenoxy) is 2. The Hall–Kier alpha value is -0.990. The molecule has 1 amide bonds. The lowest BCUT2D eigenvalue weighted by Crippen LogP contribution is -2.57. The van der Waals surface area contributed by atoms with Crippen LogP contribution in [0.4, 0.5) is 13.6 Å². The van der Waals surface area contributed by atoms with E-state index < -0.39 is 12.0 Å². The summed E-state index contributed by atoms with van der Waals surface area (Å²) in [6.07, 6.45) is 8.53. The van der Waals surface area contributed by atoms with Crippen LogP contribution in [0.2, 0.25) is 0 Å². The molecule has 4 rings (SSSR count). The van der Waals surface area contributed by atoms with E-state index in [9.17, 15) is 13.6 Å². The number of alkyl halides is 2. The van der Waals surface area contributed by atoms with Crippen LogP contribution in [-0.2, 0) is 9.47 Å². The summed E-state index contributed by atoms with van der Waals surface area (Å²) < 4.78 is 36.6. The standard InChI is InChI=1S/C15H28O2.C9H14F2N2O2/c1-11(2)9-10-14-15(3,17-14)12-7-5-6-8-13(12)16-4;10-9(11)5-12(6-9)2-1-7-3-13(4-7)8(14)15/h11-14H,5-10H2,1-4H3;7H,1-6H2,(H,14,15). The van der Waals surface area contributed by atoms with E-state index in [1.54, 1.807) is 4.90 Å². The fraction of sp³-hybridized carbons (Fsp3) is 0.958. The van der Waals surface area contributed by atoms with E-state index in [0.717, 1.165) is 12.3 Å². The molecule has 0 aromatic carbocycles. The van der Waals surface area contributed by atoms with Gasteiger partial charge in [-0.05, 0) is 57.4 Å². The molecule has 0 aromatic heterocycles. The molecule has 0 aromatic rings. The van der Waals surface area contributed by atoms with Crippen LogP contribution in [0.5, 0.6) is 0 Å². The minimum Gasteiger partial charge on any atom is -0.465 e. The van der Waals surface area contributed by atoms with E-state index in [4.69, 9.17) is 14.6 Å². The van der Waals surface area contributed by atoms with E-state index in [2.05, 4.69) is 20.8 Å². The summed E-state index contributed by atoms with van der Waals surface area (Å²) in [4.78, 5) is 13.5. The SMILES string of the molecule is COC1CCCCC1C1(C)OC1CCC(C)C.O=C(O)N1CC(CCN2CC(F)(F)C2)C1. The Morgan fingerprint density at radius 3 is 2.41 bits per heavy atom. The lowest BCUT2D eigenvalue weighted by molar-refractivity contribution is -0.132. The second-order valence-corrected chi connectivity index (χ2v) is 10.8. The predicted molar refractivity (Wildman–Crippen MR) is 119 cm³/mol. The highest BCUT2D eigenvalue weighted by Crippen LogP contribution is 2.51. The molecule has 3 aliphatic heterocycles. The third kappa shape index (κ3) is 6.54. The van der Waals surface area contributed by atoms with Gasteiger partial charge >= 0.3 is 6.09 Å². The molecule has 3 saturated heterocycles. The lowest BCUT2D eigenvalue weighted by atomic mass is 9.76. The molecule has 4 atom stereocenters. The summed E-state index contributed by atoms with van der Waals surface area (Å²) in [7, 11) is 1.86. The second kappa shape index (κ2) is 10.5. The number of nitrogens with zero attached hydrogens (tertiary/aromatic N) is 2. The van der Waals surface area contributed by atoms with Crippen molar-refractivity contribution < 1.29 is 28.2 Å². The zero-order valence-electron chi connectivity index (χ0n) is 20.2. The molecule has 1 N–H and O–H groups in total. The van der Waals surface area contributed by atoms with Gasteiger partial charge in [-0.2, -0.15) is 0 Å². The van der Waals surface area contributed by atoms with Gasteiger partial charge in [0, 0.05) is 26.1 Å². The fourth-order valence-electron chi connectivity index (χ4n) is 5.50. The van der Waals surface area contributed by atoms with Crippen LogP contribution in [0.15, 0.2) is 0 Å². The van der Waals surface area contributed by atoms with Gasteiger partial charge in [0.2, 0.25) is 0 Å². The van der Waals surface area contributed by atoms with Crippen LogP contribution in [0.3, 0.4) is 0 Å². The highest BCUT2D eigenvalue weighted by atomic mass is 19.3. The summed E-state index contributed by atoms with van der Waals surface area (Å²) >= 11 is 0. The summed E-state index contributed by atoms with van der Waals surface area (Å²) in [5.74, 6) is -0.728. The van der Waals surface area contributed by atoms with Gasteiger partial charge in [0.05, 0.1) is 30.9 Å². The van der Waals surface area contributed by atoms with Crippen LogP contribution < -0.4 is 0 Å². The van der Waals surface area contributed by atoms with Gasteiger partial charge in [0.15, 0.2) is 0 Å². The summed E-state index contributed by atoms with van der Waals surface area (Å²) in [5.41, 5.74) is 0.121. The molecule has 8 heteroatoms. The number of carbonyl (C=O) groups is 1. The molecule has 0 radical (unpaired) electrons. The Bertz CT molecular complexity index is 621. The molecule has 4 unspecified atom stereocenters. The normalized spacial score (nSPS) is 34.3. The monoisotopic (exact) mass is 460 g/mol. The Kier molecular flexibility index (Phi) is 8.42. The molecule has 4 fully saturated rings. The van der Waals surface area contributed by atoms with Gasteiger partial charge in [0.25, 0.3) is 5.92 Å². The molecule has 186 valence electrons. The van der Waals surface area contributed by atoms with Crippen LogP contribution in [0.25, 0.3) is 0 Å². The summed E-state index contributed by atoms with van der Waals surface area (Å²) in [6.45, 7) is 8.38. The summed E-state index contributed by atoms with van der Waals surface area (Å²) in [5, 5.41) is 8.57. The van der Waals surface area contributed by atoms with Crippen molar-refractivity contribution in [3.8, 4) is 0 Å². The maximum Gasteiger partial charge on any atom is 0.407 e. The third-order valence-electron chi connectivity index (χ3n) is 7.72. The van der Waals surface area contributed by atoms with E-state index in [1.165, 1.54) is 43.4 Å². The fourth-order valence-corrected chi connectivity index (χ4v) is 5.50.